The summed E-state index contributed by atoms with van der Waals surface area (Å²) in [6, 6.07) is 2.68. The van der Waals surface area contributed by atoms with Crippen LogP contribution in [0.5, 0.6) is 0 Å². The second-order valence-electron chi connectivity index (χ2n) is 7.09. The van der Waals surface area contributed by atoms with E-state index in [9.17, 15) is 10.1 Å². The van der Waals surface area contributed by atoms with E-state index < -0.39 is 0 Å². The number of carbonyl (C=O) groups excluding carboxylic acids is 1. The lowest BCUT2D eigenvalue weighted by Crippen LogP contribution is -2.55. The molecule has 3 aliphatic rings. The Morgan fingerprint density at radius 2 is 2.12 bits per heavy atom. The average molecular weight is 344 g/mol. The number of amides is 1. The van der Waals surface area contributed by atoms with Crippen molar-refractivity contribution in [2.75, 3.05) is 24.5 Å². The van der Waals surface area contributed by atoms with E-state index in [4.69, 9.17) is 0 Å². The SMILES string of the molecule is N#Cc1c(N2CCC(NC(=O)C3CCN3)C2)sc2c1CCCCC2. The molecule has 2 N–H and O–H groups in total. The van der Waals surface area contributed by atoms with Crippen LogP contribution in [-0.2, 0) is 17.6 Å². The molecule has 2 aliphatic heterocycles. The number of carbonyl (C=O) groups is 1. The molecular weight excluding hydrogens is 320 g/mol. The highest BCUT2D eigenvalue weighted by Crippen LogP contribution is 2.40. The minimum atomic E-state index is 0.00604. The van der Waals surface area contributed by atoms with Crippen LogP contribution in [0.1, 0.15) is 48.1 Å². The summed E-state index contributed by atoms with van der Waals surface area (Å²) in [6.45, 7) is 2.70. The van der Waals surface area contributed by atoms with E-state index in [0.717, 1.165) is 55.9 Å². The predicted molar refractivity (Wildman–Crippen MR) is 95.5 cm³/mol. The number of hydrogen-bond donors (Lipinski definition) is 2. The van der Waals surface area contributed by atoms with E-state index in [0.29, 0.717) is 0 Å². The Labute approximate surface area is 147 Å². The van der Waals surface area contributed by atoms with Gasteiger partial charge in [-0.05, 0) is 50.6 Å². The van der Waals surface area contributed by atoms with Gasteiger partial charge in [0.1, 0.15) is 11.1 Å². The highest BCUT2D eigenvalue weighted by Gasteiger charge is 2.32. The summed E-state index contributed by atoms with van der Waals surface area (Å²) in [6.07, 6.45) is 7.79. The number of nitrogens with one attached hydrogen (secondary N) is 2. The van der Waals surface area contributed by atoms with Crippen molar-refractivity contribution in [3.63, 3.8) is 0 Å². The summed E-state index contributed by atoms with van der Waals surface area (Å²) < 4.78 is 0. The second-order valence-corrected chi connectivity index (χ2v) is 8.18. The summed E-state index contributed by atoms with van der Waals surface area (Å²) in [5.41, 5.74) is 2.21. The van der Waals surface area contributed by atoms with Crippen molar-refractivity contribution in [1.82, 2.24) is 10.6 Å². The quantitative estimate of drug-likeness (QED) is 0.823. The van der Waals surface area contributed by atoms with E-state index in [-0.39, 0.29) is 18.0 Å². The summed E-state index contributed by atoms with van der Waals surface area (Å²) in [5.74, 6) is 0.135. The lowest BCUT2D eigenvalue weighted by atomic mass is 10.1. The second kappa shape index (κ2) is 6.73. The number of hydrogen-bond acceptors (Lipinski definition) is 5. The van der Waals surface area contributed by atoms with Crippen molar-refractivity contribution in [3.05, 3.63) is 16.0 Å². The fraction of sp³-hybridized carbons (Fsp3) is 0.667. The molecule has 3 heterocycles. The molecule has 0 spiro atoms. The van der Waals surface area contributed by atoms with Crippen molar-refractivity contribution in [2.24, 2.45) is 0 Å². The Morgan fingerprint density at radius 1 is 1.29 bits per heavy atom. The summed E-state index contributed by atoms with van der Waals surface area (Å²) in [5, 5.41) is 17.2. The number of thiophene rings is 1. The van der Waals surface area contributed by atoms with Crippen molar-refractivity contribution >= 4 is 22.2 Å². The molecule has 0 aromatic carbocycles. The molecule has 1 aromatic rings. The van der Waals surface area contributed by atoms with E-state index in [1.807, 2.05) is 11.3 Å². The highest BCUT2D eigenvalue weighted by molar-refractivity contribution is 7.16. The first-order chi connectivity index (χ1) is 11.8. The van der Waals surface area contributed by atoms with E-state index in [1.54, 1.807) is 0 Å². The third-order valence-corrected chi connectivity index (χ3v) is 6.83. The first-order valence-electron chi connectivity index (χ1n) is 9.09. The molecule has 2 unspecified atom stereocenters. The number of fused-ring (bicyclic) bond motifs is 1. The minimum absolute atomic E-state index is 0.00604. The standard InChI is InChI=1S/C18H24N4OS/c19-10-14-13-4-2-1-3-5-16(13)24-18(14)22-9-7-12(11-22)21-17(23)15-6-8-20-15/h12,15,20H,1-9,11H2,(H,21,23). The monoisotopic (exact) mass is 344 g/mol. The van der Waals surface area contributed by atoms with Gasteiger partial charge >= 0.3 is 0 Å². The minimum Gasteiger partial charge on any atom is -0.360 e. The number of nitrogens with zero attached hydrogens (tertiary/aromatic N) is 2. The van der Waals surface area contributed by atoms with Gasteiger partial charge in [-0.15, -0.1) is 11.3 Å². The lowest BCUT2D eigenvalue weighted by Gasteiger charge is -2.27. The van der Waals surface area contributed by atoms with Crippen LogP contribution in [0.15, 0.2) is 0 Å². The third-order valence-electron chi connectivity index (χ3n) is 5.48. The van der Waals surface area contributed by atoms with Crippen molar-refractivity contribution in [1.29, 1.82) is 5.26 Å². The molecule has 0 saturated carbocycles. The zero-order chi connectivity index (χ0) is 16.5. The Kier molecular flexibility index (Phi) is 4.47. The smallest absolute Gasteiger partial charge is 0.237 e. The molecule has 0 bridgehead atoms. The lowest BCUT2D eigenvalue weighted by molar-refractivity contribution is -0.125. The Hall–Kier alpha value is -1.58. The number of anilines is 1. The predicted octanol–water partition coefficient (Wildman–Crippen LogP) is 1.95. The van der Waals surface area contributed by atoms with E-state index >= 15 is 0 Å². The molecule has 4 rings (SSSR count). The molecular formula is C18H24N4OS. The maximum atomic E-state index is 12.1. The van der Waals surface area contributed by atoms with Crippen LogP contribution < -0.4 is 15.5 Å². The summed E-state index contributed by atoms with van der Waals surface area (Å²) in [4.78, 5) is 15.8. The van der Waals surface area contributed by atoms with Crippen molar-refractivity contribution in [2.45, 2.75) is 57.0 Å². The number of nitriles is 1. The average Bonchev–Trinajstić information content (AvgIpc) is 3.03. The van der Waals surface area contributed by atoms with Gasteiger partial charge in [0.25, 0.3) is 0 Å². The first kappa shape index (κ1) is 15.9. The summed E-state index contributed by atoms with van der Waals surface area (Å²) in [7, 11) is 0. The topological polar surface area (TPSA) is 68.2 Å². The van der Waals surface area contributed by atoms with Gasteiger partial charge < -0.3 is 15.5 Å². The zero-order valence-corrected chi connectivity index (χ0v) is 14.8. The molecule has 24 heavy (non-hydrogen) atoms. The molecule has 128 valence electrons. The fourth-order valence-corrected chi connectivity index (χ4v) is 5.32. The van der Waals surface area contributed by atoms with Gasteiger partial charge in [-0.3, -0.25) is 4.79 Å². The maximum Gasteiger partial charge on any atom is 0.237 e. The molecule has 5 nitrogen and oxygen atoms in total. The highest BCUT2D eigenvalue weighted by atomic mass is 32.1. The zero-order valence-electron chi connectivity index (χ0n) is 13.9. The van der Waals surface area contributed by atoms with Crippen LogP contribution in [0.4, 0.5) is 5.00 Å². The van der Waals surface area contributed by atoms with Crippen LogP contribution in [0.2, 0.25) is 0 Å². The molecule has 2 saturated heterocycles. The number of aryl methyl sites for hydroxylation is 1. The fourth-order valence-electron chi connectivity index (χ4n) is 3.94. The molecule has 1 aromatic heterocycles. The number of rotatable bonds is 3. The Morgan fingerprint density at radius 3 is 2.88 bits per heavy atom. The Balaban J connectivity index is 1.47. The van der Waals surface area contributed by atoms with Gasteiger partial charge in [-0.25, -0.2) is 0 Å². The van der Waals surface area contributed by atoms with Gasteiger partial charge in [0, 0.05) is 24.0 Å². The Bertz CT molecular complexity index is 673. The van der Waals surface area contributed by atoms with Gasteiger partial charge in [0.15, 0.2) is 0 Å². The van der Waals surface area contributed by atoms with Crippen LogP contribution in [0.3, 0.4) is 0 Å². The van der Waals surface area contributed by atoms with Crippen LogP contribution in [-0.4, -0.2) is 37.6 Å². The van der Waals surface area contributed by atoms with Crippen LogP contribution >= 0.6 is 11.3 Å². The first-order valence-corrected chi connectivity index (χ1v) is 9.91. The molecule has 1 aliphatic carbocycles. The van der Waals surface area contributed by atoms with Gasteiger partial charge in [-0.1, -0.05) is 6.42 Å². The van der Waals surface area contributed by atoms with Crippen LogP contribution in [0.25, 0.3) is 0 Å². The van der Waals surface area contributed by atoms with Crippen LogP contribution in [0, 0.1) is 11.3 Å². The van der Waals surface area contributed by atoms with E-state index in [2.05, 4.69) is 21.6 Å². The molecule has 0 radical (unpaired) electrons. The third kappa shape index (κ3) is 2.91. The van der Waals surface area contributed by atoms with Crippen molar-refractivity contribution < 1.29 is 4.79 Å². The largest absolute Gasteiger partial charge is 0.360 e. The molecule has 1 amide bonds. The normalized spacial score (nSPS) is 26.2. The van der Waals surface area contributed by atoms with Gasteiger partial charge in [-0.2, -0.15) is 5.26 Å². The van der Waals surface area contributed by atoms with Gasteiger partial charge in [0.2, 0.25) is 5.91 Å². The maximum absolute atomic E-state index is 12.1. The summed E-state index contributed by atoms with van der Waals surface area (Å²) >= 11 is 1.82. The van der Waals surface area contributed by atoms with E-state index in [1.165, 1.54) is 29.7 Å². The molecule has 2 atom stereocenters. The van der Waals surface area contributed by atoms with Crippen molar-refractivity contribution in [3.8, 4) is 6.07 Å². The van der Waals surface area contributed by atoms with Gasteiger partial charge in [0.05, 0.1) is 11.6 Å². The molecule has 2 fully saturated rings. The molecule has 6 heteroatoms.